The Bertz CT molecular complexity index is 286. The third-order valence-corrected chi connectivity index (χ3v) is 5.16. The number of halogens is 1. The first-order chi connectivity index (χ1) is 9.16. The van der Waals surface area contributed by atoms with Gasteiger partial charge in [0.15, 0.2) is 0 Å². The summed E-state index contributed by atoms with van der Waals surface area (Å²) in [4.78, 5) is 12.0. The van der Waals surface area contributed by atoms with Gasteiger partial charge in [-0.15, -0.1) is 12.4 Å². The highest BCUT2D eigenvalue weighted by Crippen LogP contribution is 2.31. The van der Waals surface area contributed by atoms with Crippen molar-refractivity contribution in [1.82, 2.24) is 10.6 Å². The number of hydrogen-bond donors (Lipinski definition) is 2. The Hall–Kier alpha value is -0.280. The number of rotatable bonds is 5. The zero-order valence-electron chi connectivity index (χ0n) is 13.0. The maximum Gasteiger partial charge on any atom is 0.221 e. The maximum absolute atomic E-state index is 12.0. The molecule has 0 radical (unpaired) electrons. The highest BCUT2D eigenvalue weighted by molar-refractivity contribution is 5.85. The van der Waals surface area contributed by atoms with E-state index in [0.29, 0.717) is 24.4 Å². The van der Waals surface area contributed by atoms with Crippen molar-refractivity contribution in [3.8, 4) is 0 Å². The molecule has 0 aromatic rings. The summed E-state index contributed by atoms with van der Waals surface area (Å²) in [6.45, 7) is 5.57. The third kappa shape index (κ3) is 5.25. The molecule has 0 bridgehead atoms. The van der Waals surface area contributed by atoms with Crippen molar-refractivity contribution in [2.24, 2.45) is 11.8 Å². The molecule has 0 spiro atoms. The highest BCUT2D eigenvalue weighted by Gasteiger charge is 2.26. The normalized spacial score (nSPS) is 26.6. The second-order valence-electron chi connectivity index (χ2n) is 6.61. The zero-order chi connectivity index (χ0) is 13.7. The summed E-state index contributed by atoms with van der Waals surface area (Å²) in [5.41, 5.74) is 0. The van der Waals surface area contributed by atoms with Crippen LogP contribution in [0.1, 0.15) is 65.2 Å². The molecular weight excluding hydrogens is 272 g/mol. The fourth-order valence-corrected chi connectivity index (χ4v) is 3.67. The summed E-state index contributed by atoms with van der Waals surface area (Å²) in [6.07, 6.45) is 9.88. The quantitative estimate of drug-likeness (QED) is 0.818. The Kier molecular flexibility index (Phi) is 7.90. The van der Waals surface area contributed by atoms with E-state index in [1.807, 2.05) is 0 Å². The van der Waals surface area contributed by atoms with Crippen LogP contribution in [0.4, 0.5) is 0 Å². The van der Waals surface area contributed by atoms with E-state index in [2.05, 4.69) is 24.5 Å². The molecule has 118 valence electrons. The molecule has 3 nitrogen and oxygen atoms in total. The van der Waals surface area contributed by atoms with Crippen LogP contribution in [0.2, 0.25) is 0 Å². The Balaban J connectivity index is 0.00000200. The van der Waals surface area contributed by atoms with Crippen LogP contribution in [-0.2, 0) is 4.79 Å². The number of carbonyl (C=O) groups excluding carboxylic acids is 1. The van der Waals surface area contributed by atoms with Crippen molar-refractivity contribution in [2.75, 3.05) is 6.54 Å². The maximum atomic E-state index is 12.0. The van der Waals surface area contributed by atoms with Gasteiger partial charge in [0, 0.05) is 18.5 Å². The summed E-state index contributed by atoms with van der Waals surface area (Å²) in [5, 5.41) is 6.62. The van der Waals surface area contributed by atoms with Gasteiger partial charge in [-0.25, -0.2) is 0 Å². The molecule has 20 heavy (non-hydrogen) atoms. The van der Waals surface area contributed by atoms with Crippen molar-refractivity contribution in [1.29, 1.82) is 0 Å². The molecule has 2 aliphatic rings. The van der Waals surface area contributed by atoms with Crippen molar-refractivity contribution >= 4 is 18.3 Å². The standard InChI is InChI=1S/C16H30N2O.ClH/c1-12(14-7-4-3-5-8-14)13(2)18-16(19)11-15-9-6-10-17-15;/h12-15,17H,3-11H2,1-2H3,(H,18,19);1H. The smallest absolute Gasteiger partial charge is 0.221 e. The number of amides is 1. The van der Waals surface area contributed by atoms with Crippen molar-refractivity contribution in [2.45, 2.75) is 77.3 Å². The molecule has 1 heterocycles. The minimum atomic E-state index is 0. The number of carbonyl (C=O) groups is 1. The molecular formula is C16H31ClN2O. The van der Waals surface area contributed by atoms with E-state index in [9.17, 15) is 4.79 Å². The SMILES string of the molecule is CC(NC(=O)CC1CCCN1)C(C)C1CCCCC1.Cl. The summed E-state index contributed by atoms with van der Waals surface area (Å²) in [5.74, 6) is 1.66. The Labute approximate surface area is 130 Å². The van der Waals surface area contributed by atoms with E-state index >= 15 is 0 Å². The predicted octanol–water partition coefficient (Wildman–Crippen LogP) is 3.27. The average Bonchev–Trinajstić information content (AvgIpc) is 2.91. The average molecular weight is 303 g/mol. The molecule has 1 saturated carbocycles. The second kappa shape index (κ2) is 8.89. The van der Waals surface area contributed by atoms with Crippen LogP contribution in [0.5, 0.6) is 0 Å². The number of nitrogens with one attached hydrogen (secondary N) is 2. The first-order valence-electron chi connectivity index (χ1n) is 8.19. The van der Waals surface area contributed by atoms with Crippen LogP contribution in [0.25, 0.3) is 0 Å². The van der Waals surface area contributed by atoms with Gasteiger partial charge in [-0.2, -0.15) is 0 Å². The molecule has 1 saturated heterocycles. The van der Waals surface area contributed by atoms with Crippen LogP contribution in [0.3, 0.4) is 0 Å². The van der Waals surface area contributed by atoms with E-state index in [1.165, 1.54) is 38.5 Å². The van der Waals surface area contributed by atoms with Gasteiger partial charge in [0.05, 0.1) is 0 Å². The first kappa shape index (κ1) is 17.8. The van der Waals surface area contributed by atoms with Gasteiger partial charge in [-0.3, -0.25) is 4.79 Å². The molecule has 1 aliphatic carbocycles. The topological polar surface area (TPSA) is 41.1 Å². The minimum Gasteiger partial charge on any atom is -0.353 e. The van der Waals surface area contributed by atoms with Gasteiger partial charge in [0.2, 0.25) is 5.91 Å². The molecule has 1 aliphatic heterocycles. The fourth-order valence-electron chi connectivity index (χ4n) is 3.67. The van der Waals surface area contributed by atoms with Gasteiger partial charge < -0.3 is 10.6 Å². The van der Waals surface area contributed by atoms with E-state index in [-0.39, 0.29) is 18.3 Å². The van der Waals surface area contributed by atoms with E-state index in [4.69, 9.17) is 0 Å². The third-order valence-electron chi connectivity index (χ3n) is 5.16. The van der Waals surface area contributed by atoms with Gasteiger partial charge in [0.1, 0.15) is 0 Å². The Morgan fingerprint density at radius 1 is 1.15 bits per heavy atom. The summed E-state index contributed by atoms with van der Waals surface area (Å²) < 4.78 is 0. The minimum absolute atomic E-state index is 0. The summed E-state index contributed by atoms with van der Waals surface area (Å²) >= 11 is 0. The lowest BCUT2D eigenvalue weighted by molar-refractivity contribution is -0.122. The lowest BCUT2D eigenvalue weighted by Crippen LogP contribution is -2.42. The van der Waals surface area contributed by atoms with Crippen molar-refractivity contribution < 1.29 is 4.79 Å². The Morgan fingerprint density at radius 3 is 2.45 bits per heavy atom. The molecule has 0 aromatic heterocycles. The van der Waals surface area contributed by atoms with E-state index in [0.717, 1.165) is 18.9 Å². The first-order valence-corrected chi connectivity index (χ1v) is 8.19. The van der Waals surface area contributed by atoms with Crippen LogP contribution in [0, 0.1) is 11.8 Å². The second-order valence-corrected chi connectivity index (χ2v) is 6.61. The molecule has 3 unspecified atom stereocenters. The van der Waals surface area contributed by atoms with E-state index in [1.54, 1.807) is 0 Å². The lowest BCUT2D eigenvalue weighted by Gasteiger charge is -2.32. The monoisotopic (exact) mass is 302 g/mol. The van der Waals surface area contributed by atoms with Gasteiger partial charge in [0.25, 0.3) is 0 Å². The fraction of sp³-hybridized carbons (Fsp3) is 0.938. The largest absolute Gasteiger partial charge is 0.353 e. The van der Waals surface area contributed by atoms with Crippen molar-refractivity contribution in [3.63, 3.8) is 0 Å². The molecule has 3 atom stereocenters. The van der Waals surface area contributed by atoms with Crippen molar-refractivity contribution in [3.05, 3.63) is 0 Å². The van der Waals surface area contributed by atoms with Crippen LogP contribution in [-0.4, -0.2) is 24.5 Å². The lowest BCUT2D eigenvalue weighted by atomic mass is 9.78. The molecule has 0 aromatic carbocycles. The van der Waals surface area contributed by atoms with Gasteiger partial charge in [-0.05, 0) is 38.1 Å². The van der Waals surface area contributed by atoms with Crippen LogP contribution in [0.15, 0.2) is 0 Å². The zero-order valence-corrected chi connectivity index (χ0v) is 13.8. The Morgan fingerprint density at radius 2 is 1.85 bits per heavy atom. The predicted molar refractivity (Wildman–Crippen MR) is 86.2 cm³/mol. The van der Waals surface area contributed by atoms with Crippen LogP contribution < -0.4 is 10.6 Å². The van der Waals surface area contributed by atoms with Gasteiger partial charge >= 0.3 is 0 Å². The molecule has 1 amide bonds. The molecule has 2 fully saturated rings. The summed E-state index contributed by atoms with van der Waals surface area (Å²) in [7, 11) is 0. The molecule has 2 N–H and O–H groups in total. The number of hydrogen-bond acceptors (Lipinski definition) is 2. The van der Waals surface area contributed by atoms with Gasteiger partial charge in [-0.1, -0.05) is 39.0 Å². The molecule has 2 rings (SSSR count). The molecule has 4 heteroatoms. The van der Waals surface area contributed by atoms with Crippen LogP contribution >= 0.6 is 12.4 Å². The van der Waals surface area contributed by atoms with E-state index < -0.39 is 0 Å². The summed E-state index contributed by atoms with van der Waals surface area (Å²) in [6, 6.07) is 0.731. The highest BCUT2D eigenvalue weighted by atomic mass is 35.5.